The average Bonchev–Trinajstić information content (AvgIpc) is 2.27. The summed E-state index contributed by atoms with van der Waals surface area (Å²) in [5, 5.41) is 14.9. The Morgan fingerprint density at radius 3 is 2.87 bits per heavy atom. The molecule has 0 saturated heterocycles. The van der Waals surface area contributed by atoms with Crippen molar-refractivity contribution in [2.24, 2.45) is 5.16 Å². The molecule has 3 nitrogen and oxygen atoms in total. The van der Waals surface area contributed by atoms with Gasteiger partial charge in [-0.05, 0) is 12.5 Å². The molecule has 0 radical (unpaired) electrons. The number of hydrogen-bond donors (Lipinski definition) is 2. The van der Waals surface area contributed by atoms with Gasteiger partial charge in [-0.2, -0.15) is 0 Å². The Morgan fingerprint density at radius 2 is 2.13 bits per heavy atom. The molecular formula is C12H18N2O. The van der Waals surface area contributed by atoms with Crippen molar-refractivity contribution in [2.45, 2.75) is 26.2 Å². The maximum Gasteiger partial charge on any atom is 0.0754 e. The highest BCUT2D eigenvalue weighted by molar-refractivity contribution is 5.87. The largest absolute Gasteiger partial charge is 0.411 e. The van der Waals surface area contributed by atoms with Gasteiger partial charge in [-0.1, -0.05) is 43.1 Å². The maximum absolute atomic E-state index is 8.50. The summed E-state index contributed by atoms with van der Waals surface area (Å²) in [6.45, 7) is 3.15. The predicted octanol–water partition coefficient (Wildman–Crippen LogP) is 3.10. The van der Waals surface area contributed by atoms with Crippen LogP contribution in [0.2, 0.25) is 0 Å². The molecule has 0 aromatic heterocycles. The molecular weight excluding hydrogens is 188 g/mol. The first-order valence-electron chi connectivity index (χ1n) is 5.38. The summed E-state index contributed by atoms with van der Waals surface area (Å²) in [6, 6.07) is 7.80. The first-order chi connectivity index (χ1) is 7.38. The molecule has 0 unspecified atom stereocenters. The van der Waals surface area contributed by atoms with E-state index in [9.17, 15) is 0 Å². The van der Waals surface area contributed by atoms with Gasteiger partial charge in [0.1, 0.15) is 0 Å². The number of rotatable bonds is 6. The van der Waals surface area contributed by atoms with Crippen molar-refractivity contribution in [2.75, 3.05) is 11.9 Å². The van der Waals surface area contributed by atoms with Crippen LogP contribution in [0.4, 0.5) is 5.69 Å². The van der Waals surface area contributed by atoms with Gasteiger partial charge in [0.05, 0.1) is 6.21 Å². The molecule has 0 aliphatic rings. The van der Waals surface area contributed by atoms with Crippen LogP contribution in [0, 0.1) is 0 Å². The number of oxime groups is 1. The van der Waals surface area contributed by atoms with Crippen molar-refractivity contribution < 1.29 is 5.21 Å². The molecule has 0 spiro atoms. The first-order valence-corrected chi connectivity index (χ1v) is 5.38. The minimum atomic E-state index is 0.913. The van der Waals surface area contributed by atoms with Gasteiger partial charge in [0, 0.05) is 17.8 Å². The summed E-state index contributed by atoms with van der Waals surface area (Å²) in [4.78, 5) is 0. The standard InChI is InChI=1S/C12H18N2O/c1-2-3-6-9-13-12-8-5-4-7-11(12)10-14-15/h4-5,7-8,10,13,15H,2-3,6,9H2,1H3. The van der Waals surface area contributed by atoms with Crippen molar-refractivity contribution in [1.82, 2.24) is 0 Å². The van der Waals surface area contributed by atoms with Gasteiger partial charge < -0.3 is 10.5 Å². The third-order valence-electron chi connectivity index (χ3n) is 2.25. The number of nitrogens with one attached hydrogen (secondary N) is 1. The second-order valence-corrected chi connectivity index (χ2v) is 3.47. The van der Waals surface area contributed by atoms with E-state index < -0.39 is 0 Å². The van der Waals surface area contributed by atoms with E-state index in [0.29, 0.717) is 0 Å². The van der Waals surface area contributed by atoms with Crippen molar-refractivity contribution in [3.63, 3.8) is 0 Å². The Hall–Kier alpha value is -1.51. The summed E-state index contributed by atoms with van der Waals surface area (Å²) >= 11 is 0. The molecule has 82 valence electrons. The highest BCUT2D eigenvalue weighted by Gasteiger charge is 1.97. The number of nitrogens with zero attached hydrogens (tertiary/aromatic N) is 1. The fourth-order valence-electron chi connectivity index (χ4n) is 1.43. The zero-order valence-corrected chi connectivity index (χ0v) is 9.11. The molecule has 0 aliphatic carbocycles. The second kappa shape index (κ2) is 6.87. The Morgan fingerprint density at radius 1 is 1.33 bits per heavy atom. The minimum Gasteiger partial charge on any atom is -0.411 e. The van der Waals surface area contributed by atoms with Crippen LogP contribution in [0.3, 0.4) is 0 Å². The molecule has 0 atom stereocenters. The van der Waals surface area contributed by atoms with E-state index in [-0.39, 0.29) is 0 Å². The third-order valence-corrected chi connectivity index (χ3v) is 2.25. The Balaban J connectivity index is 2.51. The van der Waals surface area contributed by atoms with Crippen LogP contribution < -0.4 is 5.32 Å². The van der Waals surface area contributed by atoms with E-state index in [4.69, 9.17) is 5.21 Å². The lowest BCUT2D eigenvalue weighted by molar-refractivity contribution is 0.322. The predicted molar refractivity (Wildman–Crippen MR) is 63.8 cm³/mol. The minimum absolute atomic E-state index is 0.913. The fourth-order valence-corrected chi connectivity index (χ4v) is 1.43. The molecule has 0 amide bonds. The summed E-state index contributed by atoms with van der Waals surface area (Å²) in [5.41, 5.74) is 1.93. The fraction of sp³-hybridized carbons (Fsp3) is 0.417. The van der Waals surface area contributed by atoms with Crippen LogP contribution in [-0.2, 0) is 0 Å². The Bertz CT molecular complexity index is 310. The number of para-hydroxylation sites is 1. The number of hydrogen-bond acceptors (Lipinski definition) is 3. The average molecular weight is 206 g/mol. The molecule has 2 N–H and O–H groups in total. The molecule has 0 heterocycles. The molecule has 3 heteroatoms. The lowest BCUT2D eigenvalue weighted by Gasteiger charge is -2.08. The maximum atomic E-state index is 8.50. The van der Waals surface area contributed by atoms with Gasteiger partial charge in [-0.15, -0.1) is 0 Å². The molecule has 0 fully saturated rings. The van der Waals surface area contributed by atoms with Crippen LogP contribution in [-0.4, -0.2) is 18.0 Å². The van der Waals surface area contributed by atoms with Crippen molar-refractivity contribution in [3.8, 4) is 0 Å². The quantitative estimate of drug-likeness (QED) is 0.325. The number of unbranched alkanes of at least 4 members (excludes halogenated alkanes) is 2. The van der Waals surface area contributed by atoms with E-state index in [1.807, 2.05) is 24.3 Å². The number of benzene rings is 1. The molecule has 0 saturated carbocycles. The van der Waals surface area contributed by atoms with Gasteiger partial charge in [0.2, 0.25) is 0 Å². The smallest absolute Gasteiger partial charge is 0.0754 e. The Labute approximate surface area is 90.8 Å². The van der Waals surface area contributed by atoms with E-state index in [1.165, 1.54) is 25.5 Å². The van der Waals surface area contributed by atoms with Gasteiger partial charge in [0.25, 0.3) is 0 Å². The van der Waals surface area contributed by atoms with Gasteiger partial charge in [0.15, 0.2) is 0 Å². The summed E-state index contributed by atoms with van der Waals surface area (Å²) in [6.07, 6.45) is 5.08. The third kappa shape index (κ3) is 4.02. The van der Waals surface area contributed by atoms with E-state index in [2.05, 4.69) is 17.4 Å². The monoisotopic (exact) mass is 206 g/mol. The van der Waals surface area contributed by atoms with E-state index in [0.717, 1.165) is 17.8 Å². The Kier molecular flexibility index (Phi) is 5.30. The van der Waals surface area contributed by atoms with Gasteiger partial charge in [-0.25, -0.2) is 0 Å². The van der Waals surface area contributed by atoms with Crippen molar-refractivity contribution in [1.29, 1.82) is 0 Å². The van der Waals surface area contributed by atoms with Crippen molar-refractivity contribution in [3.05, 3.63) is 29.8 Å². The topological polar surface area (TPSA) is 44.6 Å². The zero-order valence-electron chi connectivity index (χ0n) is 9.11. The molecule has 15 heavy (non-hydrogen) atoms. The van der Waals surface area contributed by atoms with Crippen LogP contribution >= 0.6 is 0 Å². The SMILES string of the molecule is CCCCCNc1ccccc1C=NO. The molecule has 0 aliphatic heterocycles. The van der Waals surface area contributed by atoms with Crippen LogP contribution in [0.15, 0.2) is 29.4 Å². The van der Waals surface area contributed by atoms with Crippen molar-refractivity contribution >= 4 is 11.9 Å². The molecule has 1 rings (SSSR count). The van der Waals surface area contributed by atoms with E-state index >= 15 is 0 Å². The lowest BCUT2D eigenvalue weighted by Crippen LogP contribution is -2.03. The van der Waals surface area contributed by atoms with Crippen LogP contribution in [0.1, 0.15) is 31.7 Å². The van der Waals surface area contributed by atoms with Crippen LogP contribution in [0.25, 0.3) is 0 Å². The number of anilines is 1. The summed E-state index contributed by atoms with van der Waals surface area (Å²) < 4.78 is 0. The highest BCUT2D eigenvalue weighted by atomic mass is 16.4. The van der Waals surface area contributed by atoms with Gasteiger partial charge >= 0.3 is 0 Å². The van der Waals surface area contributed by atoms with Crippen LogP contribution in [0.5, 0.6) is 0 Å². The summed E-state index contributed by atoms with van der Waals surface area (Å²) in [7, 11) is 0. The zero-order chi connectivity index (χ0) is 10.9. The van der Waals surface area contributed by atoms with E-state index in [1.54, 1.807) is 0 Å². The first kappa shape index (κ1) is 11.6. The second-order valence-electron chi connectivity index (χ2n) is 3.47. The molecule has 1 aromatic rings. The lowest BCUT2D eigenvalue weighted by atomic mass is 10.2. The molecule has 1 aromatic carbocycles. The molecule has 0 bridgehead atoms. The normalized spacial score (nSPS) is 10.7. The summed E-state index contributed by atoms with van der Waals surface area (Å²) in [5.74, 6) is 0. The van der Waals surface area contributed by atoms with Gasteiger partial charge in [-0.3, -0.25) is 0 Å². The highest BCUT2D eigenvalue weighted by Crippen LogP contribution is 2.12.